The predicted octanol–water partition coefficient (Wildman–Crippen LogP) is 1.53. The Bertz CT molecular complexity index is 454. The van der Waals surface area contributed by atoms with Crippen LogP contribution in [0.15, 0.2) is 18.2 Å². The van der Waals surface area contributed by atoms with E-state index in [-0.39, 0.29) is 12.1 Å². The minimum atomic E-state index is -0.333. The van der Waals surface area contributed by atoms with Crippen LogP contribution in [-0.4, -0.2) is 44.2 Å². The summed E-state index contributed by atoms with van der Waals surface area (Å²) in [4.78, 5) is 14.3. The van der Waals surface area contributed by atoms with Crippen LogP contribution in [0.4, 0.5) is 5.69 Å². The number of likely N-dealkylation sites (tertiary alicyclic amines) is 1. The van der Waals surface area contributed by atoms with Gasteiger partial charge in [0.1, 0.15) is 11.9 Å². The Morgan fingerprint density at radius 2 is 2.00 bits per heavy atom. The molecule has 104 valence electrons. The zero-order valence-electron chi connectivity index (χ0n) is 11.4. The number of methoxy groups -OCH3 is 1. The number of esters is 1. The van der Waals surface area contributed by atoms with E-state index >= 15 is 0 Å². The molecule has 1 saturated heterocycles. The maximum absolute atomic E-state index is 12.1. The van der Waals surface area contributed by atoms with E-state index in [1.807, 2.05) is 0 Å². The second-order valence-electron chi connectivity index (χ2n) is 4.90. The Balaban J connectivity index is 2.01. The van der Waals surface area contributed by atoms with Crippen LogP contribution in [0, 0.1) is 0 Å². The highest BCUT2D eigenvalue weighted by Gasteiger charge is 2.21. The fourth-order valence-electron chi connectivity index (χ4n) is 2.18. The summed E-state index contributed by atoms with van der Waals surface area (Å²) in [5.74, 6) is 0.232. The Labute approximate surface area is 113 Å². The lowest BCUT2D eigenvalue weighted by Gasteiger charge is -2.28. The number of piperidine rings is 1. The number of ether oxygens (including phenoxy) is 2. The number of nitrogens with two attached hydrogens (primary N) is 1. The molecule has 0 saturated carbocycles. The number of hydrogen-bond donors (Lipinski definition) is 1. The largest absolute Gasteiger partial charge is 0.497 e. The maximum Gasteiger partial charge on any atom is 0.338 e. The number of nitrogen functional groups attached to an aromatic ring is 1. The van der Waals surface area contributed by atoms with Crippen molar-refractivity contribution in [1.29, 1.82) is 0 Å². The van der Waals surface area contributed by atoms with Gasteiger partial charge in [-0.1, -0.05) is 0 Å². The molecule has 5 heteroatoms. The first-order valence-electron chi connectivity index (χ1n) is 6.42. The molecule has 1 fully saturated rings. The van der Waals surface area contributed by atoms with E-state index in [9.17, 15) is 4.79 Å². The van der Waals surface area contributed by atoms with Crippen molar-refractivity contribution in [2.75, 3.05) is 33.0 Å². The SMILES string of the molecule is COc1cc(N)cc(C(=O)OC2CCN(C)CC2)c1. The lowest BCUT2D eigenvalue weighted by molar-refractivity contribution is 0.0139. The molecule has 19 heavy (non-hydrogen) atoms. The highest BCUT2D eigenvalue weighted by Crippen LogP contribution is 2.21. The monoisotopic (exact) mass is 264 g/mol. The van der Waals surface area contributed by atoms with Crippen LogP contribution in [0.2, 0.25) is 0 Å². The smallest absolute Gasteiger partial charge is 0.338 e. The summed E-state index contributed by atoms with van der Waals surface area (Å²) in [5, 5.41) is 0. The van der Waals surface area contributed by atoms with Crippen molar-refractivity contribution >= 4 is 11.7 Å². The van der Waals surface area contributed by atoms with Crippen molar-refractivity contribution in [3.63, 3.8) is 0 Å². The van der Waals surface area contributed by atoms with E-state index in [0.717, 1.165) is 25.9 Å². The van der Waals surface area contributed by atoms with Gasteiger partial charge in [-0.05, 0) is 32.0 Å². The molecule has 0 atom stereocenters. The number of carbonyl (C=O) groups is 1. The standard InChI is InChI=1S/C14H20N2O3/c1-16-5-3-12(4-6-16)19-14(17)10-7-11(15)9-13(8-10)18-2/h7-9,12H,3-6,15H2,1-2H3. The fraction of sp³-hybridized carbons (Fsp3) is 0.500. The summed E-state index contributed by atoms with van der Waals surface area (Å²) in [6.07, 6.45) is 1.75. The van der Waals surface area contributed by atoms with Crippen molar-refractivity contribution in [2.45, 2.75) is 18.9 Å². The number of carbonyl (C=O) groups excluding carboxylic acids is 1. The van der Waals surface area contributed by atoms with Crippen molar-refractivity contribution in [3.8, 4) is 5.75 Å². The van der Waals surface area contributed by atoms with Gasteiger partial charge < -0.3 is 20.1 Å². The van der Waals surface area contributed by atoms with Gasteiger partial charge in [0.25, 0.3) is 0 Å². The normalized spacial score (nSPS) is 17.2. The Morgan fingerprint density at radius 3 is 2.63 bits per heavy atom. The molecule has 0 bridgehead atoms. The first kappa shape index (κ1) is 13.7. The Hall–Kier alpha value is -1.75. The number of anilines is 1. The van der Waals surface area contributed by atoms with Gasteiger partial charge in [-0.15, -0.1) is 0 Å². The minimum Gasteiger partial charge on any atom is -0.497 e. The van der Waals surface area contributed by atoms with Crippen LogP contribution in [-0.2, 0) is 4.74 Å². The van der Waals surface area contributed by atoms with Crippen LogP contribution < -0.4 is 10.5 Å². The molecule has 0 unspecified atom stereocenters. The summed E-state index contributed by atoms with van der Waals surface area (Å²) in [5.41, 5.74) is 6.67. The van der Waals surface area contributed by atoms with E-state index in [0.29, 0.717) is 17.0 Å². The third kappa shape index (κ3) is 3.61. The maximum atomic E-state index is 12.1. The van der Waals surface area contributed by atoms with Gasteiger partial charge in [0.2, 0.25) is 0 Å². The van der Waals surface area contributed by atoms with E-state index in [1.165, 1.54) is 0 Å². The van der Waals surface area contributed by atoms with Gasteiger partial charge in [0.05, 0.1) is 12.7 Å². The molecule has 0 aliphatic carbocycles. The van der Waals surface area contributed by atoms with Gasteiger partial charge >= 0.3 is 5.97 Å². The third-order valence-electron chi connectivity index (χ3n) is 3.34. The Kier molecular flexibility index (Phi) is 4.27. The molecule has 0 amide bonds. The van der Waals surface area contributed by atoms with Crippen molar-refractivity contribution in [1.82, 2.24) is 4.90 Å². The van der Waals surface area contributed by atoms with Gasteiger partial charge in [-0.25, -0.2) is 4.79 Å². The lowest BCUT2D eigenvalue weighted by Crippen LogP contribution is -2.35. The summed E-state index contributed by atoms with van der Waals surface area (Å²) in [6, 6.07) is 4.93. The van der Waals surface area contributed by atoms with Gasteiger partial charge in [-0.3, -0.25) is 0 Å². The fourth-order valence-corrected chi connectivity index (χ4v) is 2.18. The number of hydrogen-bond acceptors (Lipinski definition) is 5. The van der Waals surface area contributed by atoms with Crippen LogP contribution in [0.3, 0.4) is 0 Å². The van der Waals surface area contributed by atoms with Crippen molar-refractivity contribution in [3.05, 3.63) is 23.8 Å². The highest BCUT2D eigenvalue weighted by molar-refractivity contribution is 5.91. The van der Waals surface area contributed by atoms with E-state index in [4.69, 9.17) is 15.2 Å². The summed E-state index contributed by atoms with van der Waals surface area (Å²) in [7, 11) is 3.61. The molecule has 5 nitrogen and oxygen atoms in total. The molecule has 1 aromatic rings. The van der Waals surface area contributed by atoms with Gasteiger partial charge in [0.15, 0.2) is 0 Å². The second kappa shape index (κ2) is 5.93. The van der Waals surface area contributed by atoms with Crippen molar-refractivity contribution in [2.24, 2.45) is 0 Å². The topological polar surface area (TPSA) is 64.8 Å². The Morgan fingerprint density at radius 1 is 1.32 bits per heavy atom. The molecule has 2 rings (SSSR count). The quantitative estimate of drug-likeness (QED) is 0.662. The lowest BCUT2D eigenvalue weighted by atomic mass is 10.1. The molecular formula is C14H20N2O3. The molecular weight excluding hydrogens is 244 g/mol. The van der Waals surface area contributed by atoms with Crippen molar-refractivity contribution < 1.29 is 14.3 Å². The predicted molar refractivity (Wildman–Crippen MR) is 73.3 cm³/mol. The first-order chi connectivity index (χ1) is 9.08. The second-order valence-corrected chi connectivity index (χ2v) is 4.90. The molecule has 1 aromatic carbocycles. The van der Waals surface area contributed by atoms with Crippen LogP contribution in [0.1, 0.15) is 23.2 Å². The molecule has 1 heterocycles. The van der Waals surface area contributed by atoms with E-state index < -0.39 is 0 Å². The first-order valence-corrected chi connectivity index (χ1v) is 6.42. The summed E-state index contributed by atoms with van der Waals surface area (Å²) in [6.45, 7) is 1.91. The van der Waals surface area contributed by atoms with E-state index in [2.05, 4.69) is 11.9 Å². The molecule has 2 N–H and O–H groups in total. The average molecular weight is 264 g/mol. The molecule has 0 aromatic heterocycles. The highest BCUT2D eigenvalue weighted by atomic mass is 16.5. The van der Waals surface area contributed by atoms with Gasteiger partial charge in [-0.2, -0.15) is 0 Å². The van der Waals surface area contributed by atoms with Crippen LogP contribution >= 0.6 is 0 Å². The van der Waals surface area contributed by atoms with Crippen LogP contribution in [0.5, 0.6) is 5.75 Å². The zero-order valence-corrected chi connectivity index (χ0v) is 11.4. The van der Waals surface area contributed by atoms with Crippen LogP contribution in [0.25, 0.3) is 0 Å². The van der Waals surface area contributed by atoms with E-state index in [1.54, 1.807) is 25.3 Å². The van der Waals surface area contributed by atoms with Gasteiger partial charge in [0, 0.05) is 24.8 Å². The molecule has 0 spiro atoms. The zero-order chi connectivity index (χ0) is 13.8. The third-order valence-corrected chi connectivity index (χ3v) is 3.34. The number of benzene rings is 1. The summed E-state index contributed by atoms with van der Waals surface area (Å²) >= 11 is 0. The number of rotatable bonds is 3. The number of nitrogens with zero attached hydrogens (tertiary/aromatic N) is 1. The minimum absolute atomic E-state index is 0.00359. The molecule has 0 radical (unpaired) electrons. The molecule has 1 aliphatic heterocycles. The average Bonchev–Trinajstić information content (AvgIpc) is 2.40. The molecule has 1 aliphatic rings. The summed E-state index contributed by atoms with van der Waals surface area (Å²) < 4.78 is 10.6.